The van der Waals surface area contributed by atoms with Gasteiger partial charge < -0.3 is 10.0 Å². The van der Waals surface area contributed by atoms with Crippen LogP contribution < -0.4 is 15.5 Å². The van der Waals surface area contributed by atoms with Crippen molar-refractivity contribution >= 4 is 35.0 Å². The Morgan fingerprint density at radius 2 is 1.74 bits per heavy atom. The van der Waals surface area contributed by atoms with Crippen LogP contribution in [0.3, 0.4) is 0 Å². The number of benzene rings is 1. The van der Waals surface area contributed by atoms with E-state index < -0.39 is 16.0 Å². The molecule has 0 bridgehead atoms. The van der Waals surface area contributed by atoms with Gasteiger partial charge in [0.05, 0.1) is 10.5 Å². The van der Waals surface area contributed by atoms with Crippen molar-refractivity contribution in [3.63, 3.8) is 0 Å². The number of sulfonamides is 1. The van der Waals surface area contributed by atoms with Crippen LogP contribution in [0.15, 0.2) is 17.0 Å². The van der Waals surface area contributed by atoms with Crippen LogP contribution >= 0.6 is 0 Å². The van der Waals surface area contributed by atoms with Gasteiger partial charge in [0.1, 0.15) is 7.85 Å². The van der Waals surface area contributed by atoms with Crippen LogP contribution in [0.5, 0.6) is 0 Å². The van der Waals surface area contributed by atoms with Gasteiger partial charge in [0.2, 0.25) is 10.0 Å². The van der Waals surface area contributed by atoms with E-state index in [1.807, 2.05) is 0 Å². The third-order valence-corrected chi connectivity index (χ3v) is 4.83. The number of nitrogens with two attached hydrogens (primary N) is 1. The second-order valence-corrected chi connectivity index (χ2v) is 7.19. The molecule has 0 fully saturated rings. The Bertz CT molecular complexity index is 654. The van der Waals surface area contributed by atoms with E-state index in [9.17, 15) is 18.3 Å². The summed E-state index contributed by atoms with van der Waals surface area (Å²) in [5.41, 5.74) is 1.08. The molecule has 0 amide bonds. The summed E-state index contributed by atoms with van der Waals surface area (Å²) in [6, 6.07) is 2.67. The van der Waals surface area contributed by atoms with E-state index >= 15 is 0 Å². The van der Waals surface area contributed by atoms with Crippen molar-refractivity contribution in [1.82, 2.24) is 0 Å². The molecule has 0 atom stereocenters. The standard InChI is InChI=1S/C15H25BN2O4S/c1-3-5-7-18(8-6-4-2)12-9-11(15(19)20)10-13(14(12)16)23(17,21)22/h9-10H,3-8,16H2,1-2H3,(H,19,20)(H2,17,21,22). The number of carboxylic acids is 1. The average Bonchev–Trinajstić information content (AvgIpc) is 2.46. The molecule has 0 saturated heterocycles. The lowest BCUT2D eigenvalue weighted by Gasteiger charge is -2.28. The summed E-state index contributed by atoms with van der Waals surface area (Å²) in [6.45, 7) is 5.66. The Balaban J connectivity index is 3.45. The average molecular weight is 340 g/mol. The number of hydrogen-bond acceptors (Lipinski definition) is 4. The fourth-order valence-corrected chi connectivity index (χ4v) is 3.29. The minimum absolute atomic E-state index is 0.0624. The third-order valence-electron chi connectivity index (χ3n) is 3.79. The first kappa shape index (κ1) is 19.5. The highest BCUT2D eigenvalue weighted by molar-refractivity contribution is 7.89. The number of aromatic carboxylic acids is 1. The summed E-state index contributed by atoms with van der Waals surface area (Å²) in [6.07, 6.45) is 3.90. The second kappa shape index (κ2) is 8.35. The highest BCUT2D eigenvalue weighted by Crippen LogP contribution is 2.20. The van der Waals surface area contributed by atoms with Crippen LogP contribution in [0.4, 0.5) is 5.69 Å². The molecule has 1 rings (SSSR count). The number of carbonyl (C=O) groups is 1. The van der Waals surface area contributed by atoms with Gasteiger partial charge in [-0.25, -0.2) is 18.4 Å². The number of primary sulfonamides is 1. The molecule has 0 unspecified atom stereocenters. The minimum atomic E-state index is -3.98. The lowest BCUT2D eigenvalue weighted by atomic mass is 9.91. The van der Waals surface area contributed by atoms with Gasteiger partial charge in [-0.05, 0) is 30.4 Å². The SMILES string of the molecule is Bc1c(N(CCCC)CCCC)cc(C(=O)O)cc1S(N)(=O)=O. The van der Waals surface area contributed by atoms with Crippen LogP contribution in [0.25, 0.3) is 0 Å². The van der Waals surface area contributed by atoms with Gasteiger partial charge in [-0.3, -0.25) is 0 Å². The van der Waals surface area contributed by atoms with Crippen molar-refractivity contribution in [2.24, 2.45) is 5.14 Å². The molecule has 1 aromatic rings. The Morgan fingerprint density at radius 3 is 2.13 bits per heavy atom. The van der Waals surface area contributed by atoms with E-state index in [-0.39, 0.29) is 10.5 Å². The summed E-state index contributed by atoms with van der Waals surface area (Å²) in [4.78, 5) is 13.3. The Hall–Kier alpha value is -1.54. The van der Waals surface area contributed by atoms with E-state index in [4.69, 9.17) is 5.14 Å². The minimum Gasteiger partial charge on any atom is -0.478 e. The van der Waals surface area contributed by atoms with Crippen LogP contribution in [0.2, 0.25) is 0 Å². The smallest absolute Gasteiger partial charge is 0.335 e. The fourth-order valence-electron chi connectivity index (χ4n) is 2.47. The van der Waals surface area contributed by atoms with Gasteiger partial charge in [-0.1, -0.05) is 26.7 Å². The maximum Gasteiger partial charge on any atom is 0.335 e. The van der Waals surface area contributed by atoms with E-state index in [1.54, 1.807) is 7.85 Å². The molecular weight excluding hydrogens is 315 g/mol. The summed E-state index contributed by atoms with van der Waals surface area (Å²) >= 11 is 0. The van der Waals surface area contributed by atoms with Gasteiger partial charge in [0.15, 0.2) is 0 Å². The zero-order valence-electron chi connectivity index (χ0n) is 14.0. The Kier molecular flexibility index (Phi) is 7.09. The molecule has 23 heavy (non-hydrogen) atoms. The molecular formula is C15H25BN2O4S. The lowest BCUT2D eigenvalue weighted by Crippen LogP contribution is -2.34. The molecule has 0 spiro atoms. The van der Waals surface area contributed by atoms with Crippen molar-refractivity contribution in [2.75, 3.05) is 18.0 Å². The van der Waals surface area contributed by atoms with Crippen LogP contribution in [0, 0.1) is 0 Å². The highest BCUT2D eigenvalue weighted by atomic mass is 32.2. The Labute approximate surface area is 139 Å². The molecule has 1 aromatic carbocycles. The molecule has 0 heterocycles. The van der Waals surface area contributed by atoms with Crippen LogP contribution in [0.1, 0.15) is 49.9 Å². The first-order valence-corrected chi connectivity index (χ1v) is 9.42. The molecule has 0 saturated carbocycles. The predicted molar refractivity (Wildman–Crippen MR) is 95.0 cm³/mol. The lowest BCUT2D eigenvalue weighted by molar-refractivity contribution is 0.0696. The summed E-state index contributed by atoms with van der Waals surface area (Å²) in [7, 11) is -2.30. The molecule has 0 aliphatic rings. The van der Waals surface area contributed by atoms with Gasteiger partial charge in [-0.2, -0.15) is 0 Å². The first-order chi connectivity index (χ1) is 10.7. The quantitative estimate of drug-likeness (QED) is 0.645. The van der Waals surface area contributed by atoms with Gasteiger partial charge in [0.25, 0.3) is 0 Å². The van der Waals surface area contributed by atoms with Crippen molar-refractivity contribution < 1.29 is 18.3 Å². The number of rotatable bonds is 9. The molecule has 0 aromatic heterocycles. The number of hydrogen-bond donors (Lipinski definition) is 2. The summed E-state index contributed by atoms with van der Waals surface area (Å²) in [5, 5.41) is 14.5. The molecule has 6 nitrogen and oxygen atoms in total. The topological polar surface area (TPSA) is 101 Å². The monoisotopic (exact) mass is 340 g/mol. The molecule has 8 heteroatoms. The Morgan fingerprint density at radius 1 is 1.22 bits per heavy atom. The van der Waals surface area contributed by atoms with E-state index in [2.05, 4.69) is 18.7 Å². The largest absolute Gasteiger partial charge is 0.478 e. The van der Waals surface area contributed by atoms with Gasteiger partial charge >= 0.3 is 5.97 Å². The van der Waals surface area contributed by atoms with E-state index in [1.165, 1.54) is 6.07 Å². The zero-order valence-corrected chi connectivity index (χ0v) is 14.8. The molecule has 128 valence electrons. The predicted octanol–water partition coefficient (Wildman–Crippen LogP) is 0.697. The van der Waals surface area contributed by atoms with E-state index in [0.717, 1.165) is 44.8 Å². The van der Waals surface area contributed by atoms with Crippen molar-refractivity contribution in [3.8, 4) is 0 Å². The summed E-state index contributed by atoms with van der Waals surface area (Å²) in [5.74, 6) is -1.16. The normalized spacial score (nSPS) is 11.4. The van der Waals surface area contributed by atoms with Crippen LogP contribution in [-0.4, -0.2) is 40.4 Å². The van der Waals surface area contributed by atoms with Crippen molar-refractivity contribution in [1.29, 1.82) is 0 Å². The summed E-state index contributed by atoms with van der Waals surface area (Å²) < 4.78 is 23.6. The van der Waals surface area contributed by atoms with Gasteiger partial charge in [0, 0.05) is 18.8 Å². The van der Waals surface area contributed by atoms with Gasteiger partial charge in [-0.15, -0.1) is 0 Å². The molecule has 0 aliphatic carbocycles. The highest BCUT2D eigenvalue weighted by Gasteiger charge is 2.21. The number of anilines is 1. The number of nitrogens with zero attached hydrogens (tertiary/aromatic N) is 1. The van der Waals surface area contributed by atoms with E-state index in [0.29, 0.717) is 11.2 Å². The van der Waals surface area contributed by atoms with Crippen molar-refractivity contribution in [2.45, 2.75) is 44.4 Å². The maximum absolute atomic E-state index is 11.8. The molecule has 0 radical (unpaired) electrons. The fraction of sp³-hybridized carbons (Fsp3) is 0.533. The van der Waals surface area contributed by atoms with Crippen LogP contribution in [-0.2, 0) is 10.0 Å². The van der Waals surface area contributed by atoms with Crippen molar-refractivity contribution in [3.05, 3.63) is 17.7 Å². The second-order valence-electron chi connectivity index (χ2n) is 5.66. The first-order valence-electron chi connectivity index (χ1n) is 7.88. The number of unbranched alkanes of at least 4 members (excludes halogenated alkanes) is 2. The third kappa shape index (κ3) is 5.25. The molecule has 3 N–H and O–H groups in total. The molecule has 0 aliphatic heterocycles. The number of carboxylic acid groups (broad SMARTS) is 1. The maximum atomic E-state index is 11.8. The zero-order chi connectivity index (χ0) is 17.6.